The van der Waals surface area contributed by atoms with Gasteiger partial charge < -0.3 is 25.1 Å². The Kier molecular flexibility index (Phi) is 3.19. The van der Waals surface area contributed by atoms with E-state index in [0.717, 1.165) is 0 Å². The summed E-state index contributed by atoms with van der Waals surface area (Å²) in [6.07, 6.45) is 0. The second-order valence-corrected chi connectivity index (χ2v) is 4.62. The molecular weight excluding hydrogens is 260 g/mol. The smallest absolute Gasteiger partial charge is 0.299 e. The van der Waals surface area contributed by atoms with Crippen LogP contribution in [0, 0.1) is 0 Å². The highest BCUT2D eigenvalue weighted by Gasteiger charge is 2.31. The summed E-state index contributed by atoms with van der Waals surface area (Å²) in [4.78, 5) is 18.1. The fraction of sp³-hybridized carbons (Fsp3) is 0.385. The highest BCUT2D eigenvalue weighted by atomic mass is 16.5. The monoisotopic (exact) mass is 276 g/mol. The summed E-state index contributed by atoms with van der Waals surface area (Å²) in [5.41, 5.74) is 7.69. The summed E-state index contributed by atoms with van der Waals surface area (Å²) >= 11 is 0. The molecule has 20 heavy (non-hydrogen) atoms. The number of oxazole rings is 1. The summed E-state index contributed by atoms with van der Waals surface area (Å²) in [5, 5.41) is 2.63. The van der Waals surface area contributed by atoms with Crippen molar-refractivity contribution in [2.45, 2.75) is 6.04 Å². The van der Waals surface area contributed by atoms with Gasteiger partial charge >= 0.3 is 0 Å². The normalized spacial score (nSPS) is 19.2. The number of likely N-dealkylation sites (N-methyl/N-ethyl adjacent to an activating group) is 1. The zero-order valence-corrected chi connectivity index (χ0v) is 11.1. The van der Waals surface area contributed by atoms with Gasteiger partial charge in [-0.25, -0.2) is 0 Å². The van der Waals surface area contributed by atoms with Crippen molar-refractivity contribution in [2.75, 3.05) is 37.4 Å². The van der Waals surface area contributed by atoms with Crippen molar-refractivity contribution in [2.24, 2.45) is 0 Å². The molecule has 3 rings (SSSR count). The molecule has 0 aliphatic carbocycles. The average molecular weight is 276 g/mol. The number of benzene rings is 1. The van der Waals surface area contributed by atoms with Crippen LogP contribution in [0.25, 0.3) is 11.1 Å². The zero-order valence-electron chi connectivity index (χ0n) is 11.1. The number of rotatable bonds is 2. The number of hydrogen-bond acceptors (Lipinski definition) is 6. The molecule has 1 aliphatic heterocycles. The van der Waals surface area contributed by atoms with Crippen molar-refractivity contribution >= 4 is 28.7 Å². The summed E-state index contributed by atoms with van der Waals surface area (Å²) in [6.45, 7) is 1.41. The van der Waals surface area contributed by atoms with Crippen molar-refractivity contribution in [3.05, 3.63) is 18.2 Å². The third-order valence-electron chi connectivity index (χ3n) is 3.32. The van der Waals surface area contributed by atoms with Gasteiger partial charge in [-0.05, 0) is 18.2 Å². The maximum Gasteiger partial charge on any atom is 0.299 e. The maximum absolute atomic E-state index is 11.9. The van der Waals surface area contributed by atoms with Crippen LogP contribution < -0.4 is 16.0 Å². The molecule has 2 aromatic rings. The first kappa shape index (κ1) is 12.7. The number of hydrogen-bond donors (Lipinski definition) is 2. The topological polar surface area (TPSA) is 93.6 Å². The number of morpholine rings is 1. The number of amides is 1. The molecule has 1 aromatic heterocycles. The Bertz CT molecular complexity index is 640. The van der Waals surface area contributed by atoms with Gasteiger partial charge in [-0.15, -0.1) is 0 Å². The van der Waals surface area contributed by atoms with Gasteiger partial charge in [-0.3, -0.25) is 4.79 Å². The molecule has 2 heterocycles. The molecule has 1 aromatic carbocycles. The van der Waals surface area contributed by atoms with E-state index < -0.39 is 6.04 Å². The van der Waals surface area contributed by atoms with Crippen LogP contribution in [0.2, 0.25) is 0 Å². The van der Waals surface area contributed by atoms with Gasteiger partial charge in [0.05, 0.1) is 13.2 Å². The largest absolute Gasteiger partial charge is 0.423 e. The van der Waals surface area contributed by atoms with Crippen molar-refractivity contribution in [1.29, 1.82) is 0 Å². The third-order valence-corrected chi connectivity index (χ3v) is 3.32. The number of nitrogens with one attached hydrogen (secondary N) is 1. The van der Waals surface area contributed by atoms with Crippen LogP contribution in [-0.2, 0) is 9.53 Å². The van der Waals surface area contributed by atoms with E-state index in [2.05, 4.69) is 10.3 Å². The van der Waals surface area contributed by atoms with Gasteiger partial charge in [0.15, 0.2) is 5.58 Å². The Labute approximate surface area is 115 Å². The lowest BCUT2D eigenvalue weighted by atomic mass is 10.2. The molecule has 0 bridgehead atoms. The highest BCUT2D eigenvalue weighted by molar-refractivity contribution is 5.85. The van der Waals surface area contributed by atoms with Gasteiger partial charge in [0.1, 0.15) is 11.6 Å². The lowest BCUT2D eigenvalue weighted by molar-refractivity contribution is -0.124. The number of nitrogens with two attached hydrogens (primary N) is 1. The number of anilines is 2. The number of fused-ring (bicyclic) bond motifs is 1. The Morgan fingerprint density at radius 1 is 1.55 bits per heavy atom. The van der Waals surface area contributed by atoms with E-state index in [4.69, 9.17) is 14.9 Å². The fourth-order valence-electron chi connectivity index (χ4n) is 2.27. The van der Waals surface area contributed by atoms with Crippen LogP contribution in [0.5, 0.6) is 0 Å². The second kappa shape index (κ2) is 5.01. The fourth-order valence-corrected chi connectivity index (χ4v) is 2.27. The number of carbonyl (C=O) groups is 1. The van der Waals surface area contributed by atoms with E-state index >= 15 is 0 Å². The molecule has 1 amide bonds. The van der Waals surface area contributed by atoms with Crippen LogP contribution in [0.15, 0.2) is 22.6 Å². The summed E-state index contributed by atoms with van der Waals surface area (Å²) in [7, 11) is 1.60. The molecule has 1 aliphatic rings. The molecule has 0 spiro atoms. The lowest BCUT2D eigenvalue weighted by Crippen LogP contribution is -2.53. The first-order valence-electron chi connectivity index (χ1n) is 6.41. The molecule has 1 saturated heterocycles. The molecule has 1 atom stereocenters. The maximum atomic E-state index is 11.9. The standard InChI is InChI=1S/C13H16N4O3/c1-15-12(18)10-7-19-5-4-17(10)13-16-9-6-8(14)2-3-11(9)20-13/h2-3,6,10H,4-5,7,14H2,1H3,(H,15,18). The van der Waals surface area contributed by atoms with Crippen LogP contribution in [0.4, 0.5) is 11.7 Å². The van der Waals surface area contributed by atoms with Gasteiger partial charge in [-0.1, -0.05) is 0 Å². The molecule has 1 fully saturated rings. The predicted octanol–water partition coefficient (Wildman–Crippen LogP) is 0.361. The number of aromatic nitrogens is 1. The summed E-state index contributed by atoms with van der Waals surface area (Å²) in [5.74, 6) is -0.119. The van der Waals surface area contributed by atoms with Crippen molar-refractivity contribution in [1.82, 2.24) is 10.3 Å². The Hall–Kier alpha value is -2.28. The van der Waals surface area contributed by atoms with Crippen molar-refractivity contribution in [3.63, 3.8) is 0 Å². The van der Waals surface area contributed by atoms with E-state index in [-0.39, 0.29) is 5.91 Å². The molecule has 7 nitrogen and oxygen atoms in total. The highest BCUT2D eigenvalue weighted by Crippen LogP contribution is 2.26. The number of carbonyl (C=O) groups excluding carboxylic acids is 1. The average Bonchev–Trinajstić information content (AvgIpc) is 2.89. The van der Waals surface area contributed by atoms with Crippen LogP contribution in [0.3, 0.4) is 0 Å². The minimum absolute atomic E-state index is 0.119. The molecule has 0 saturated carbocycles. The van der Waals surface area contributed by atoms with Gasteiger partial charge in [0, 0.05) is 19.3 Å². The minimum atomic E-state index is -0.431. The first-order chi connectivity index (χ1) is 9.69. The van der Waals surface area contributed by atoms with Crippen LogP contribution in [0.1, 0.15) is 0 Å². The molecule has 7 heteroatoms. The number of nitrogen functional groups attached to an aromatic ring is 1. The second-order valence-electron chi connectivity index (χ2n) is 4.62. The Morgan fingerprint density at radius 2 is 2.40 bits per heavy atom. The number of nitrogens with zero attached hydrogens (tertiary/aromatic N) is 2. The van der Waals surface area contributed by atoms with Crippen molar-refractivity contribution in [3.8, 4) is 0 Å². The molecular formula is C13H16N4O3. The Morgan fingerprint density at radius 3 is 3.20 bits per heavy atom. The van der Waals surface area contributed by atoms with Gasteiger partial charge in [0.25, 0.3) is 6.01 Å². The summed E-state index contributed by atoms with van der Waals surface area (Å²) in [6, 6.07) is 5.27. The quantitative estimate of drug-likeness (QED) is 0.769. The van der Waals surface area contributed by atoms with E-state index in [1.807, 2.05) is 4.90 Å². The molecule has 3 N–H and O–H groups in total. The third kappa shape index (κ3) is 2.16. The molecule has 0 radical (unpaired) electrons. The summed E-state index contributed by atoms with van der Waals surface area (Å²) < 4.78 is 11.1. The minimum Gasteiger partial charge on any atom is -0.423 e. The van der Waals surface area contributed by atoms with Gasteiger partial charge in [-0.2, -0.15) is 4.98 Å². The molecule has 1 unspecified atom stereocenters. The van der Waals surface area contributed by atoms with Crippen LogP contribution in [-0.4, -0.2) is 43.7 Å². The zero-order chi connectivity index (χ0) is 14.1. The lowest BCUT2D eigenvalue weighted by Gasteiger charge is -2.32. The van der Waals surface area contributed by atoms with Crippen LogP contribution >= 0.6 is 0 Å². The van der Waals surface area contributed by atoms with E-state index in [9.17, 15) is 4.79 Å². The van der Waals surface area contributed by atoms with E-state index in [0.29, 0.717) is 42.6 Å². The number of ether oxygens (including phenoxy) is 1. The Balaban J connectivity index is 1.97. The predicted molar refractivity (Wildman–Crippen MR) is 74.4 cm³/mol. The van der Waals surface area contributed by atoms with E-state index in [1.165, 1.54) is 0 Å². The van der Waals surface area contributed by atoms with Gasteiger partial charge in [0.2, 0.25) is 5.91 Å². The van der Waals surface area contributed by atoms with Crippen molar-refractivity contribution < 1.29 is 13.9 Å². The molecule has 106 valence electrons. The SMILES string of the molecule is CNC(=O)C1COCCN1c1nc2cc(N)ccc2o1. The first-order valence-corrected chi connectivity index (χ1v) is 6.41. The van der Waals surface area contributed by atoms with E-state index in [1.54, 1.807) is 25.2 Å².